The monoisotopic (exact) mass is 700 g/mol. The van der Waals surface area contributed by atoms with Gasteiger partial charge in [-0.2, -0.15) is 0 Å². The Kier molecular flexibility index (Phi) is 15.6. The van der Waals surface area contributed by atoms with Gasteiger partial charge in [0.05, 0.1) is 5.69 Å². The van der Waals surface area contributed by atoms with E-state index in [1.165, 1.54) is 30.2 Å². The molecule has 1 aliphatic heterocycles. The van der Waals surface area contributed by atoms with Gasteiger partial charge in [0.2, 0.25) is 0 Å². The van der Waals surface area contributed by atoms with Gasteiger partial charge < -0.3 is 15.1 Å². The number of hydrazine groups is 1. The summed E-state index contributed by atoms with van der Waals surface area (Å²) in [4.78, 5) is 2.25. The van der Waals surface area contributed by atoms with Crippen LogP contribution in [0.15, 0.2) is 181 Å². The van der Waals surface area contributed by atoms with E-state index in [1.807, 2.05) is 30.3 Å². The molecule has 6 N–H and O–H groups in total. The van der Waals surface area contributed by atoms with Crippen LogP contribution >= 0.6 is 0 Å². The minimum Gasteiger partial charge on any atom is -0.455 e. The van der Waals surface area contributed by atoms with Crippen molar-refractivity contribution in [1.82, 2.24) is 0 Å². The normalized spacial score (nSPS) is 13.1. The summed E-state index contributed by atoms with van der Waals surface area (Å²) < 4.78 is 6.37. The highest BCUT2D eigenvalue weighted by atomic mass is 16.3. The van der Waals surface area contributed by atoms with Crippen LogP contribution in [0.3, 0.4) is 0 Å². The number of furan rings is 1. The fourth-order valence-electron chi connectivity index (χ4n) is 6.01. The fraction of sp³-hybridized carbons (Fsp3) is 0.125. The quantitative estimate of drug-likeness (QED) is 0.125. The zero-order valence-corrected chi connectivity index (χ0v) is 31.4. The van der Waals surface area contributed by atoms with Crippen molar-refractivity contribution in [2.45, 2.75) is 33.6 Å². The Balaban J connectivity index is 0.000000386. The van der Waals surface area contributed by atoms with E-state index < -0.39 is 0 Å². The van der Waals surface area contributed by atoms with Crippen molar-refractivity contribution >= 4 is 44.5 Å². The Morgan fingerprint density at radius 1 is 0.604 bits per heavy atom. The maximum absolute atomic E-state index is 6.37. The largest absolute Gasteiger partial charge is 0.455 e. The van der Waals surface area contributed by atoms with Crippen molar-refractivity contribution in [3.8, 4) is 0 Å². The molecule has 6 aromatic carbocycles. The second-order valence-corrected chi connectivity index (χ2v) is 12.3. The molecule has 0 unspecified atom stereocenters. The first kappa shape index (κ1) is 39.8. The molecule has 8 rings (SSSR count). The van der Waals surface area contributed by atoms with Crippen molar-refractivity contribution < 1.29 is 4.42 Å². The van der Waals surface area contributed by atoms with Crippen LogP contribution in [0.4, 0.5) is 11.4 Å². The van der Waals surface area contributed by atoms with Crippen molar-refractivity contribution in [2.75, 3.05) is 11.9 Å². The van der Waals surface area contributed by atoms with Gasteiger partial charge in [0.25, 0.3) is 0 Å². The van der Waals surface area contributed by atoms with E-state index in [9.17, 15) is 0 Å². The number of benzene rings is 6. The third-order valence-corrected chi connectivity index (χ3v) is 8.36. The molecule has 1 aromatic heterocycles. The molecule has 53 heavy (non-hydrogen) atoms. The highest BCUT2D eigenvalue weighted by molar-refractivity contribution is 6.09. The number of allylic oxidation sites excluding steroid dienone is 4. The topological polar surface area (TPSA) is 94.4 Å². The van der Waals surface area contributed by atoms with Gasteiger partial charge in [-0.15, -0.1) is 0 Å². The Morgan fingerprint density at radius 3 is 1.81 bits per heavy atom. The molecule has 0 fully saturated rings. The second kappa shape index (κ2) is 20.8. The summed E-state index contributed by atoms with van der Waals surface area (Å²) in [5, 5.41) is 2.25. The van der Waals surface area contributed by atoms with Crippen LogP contribution in [-0.4, -0.2) is 7.05 Å². The number of anilines is 2. The minimum absolute atomic E-state index is 0.896. The van der Waals surface area contributed by atoms with Crippen LogP contribution in [0.2, 0.25) is 0 Å². The first-order valence-corrected chi connectivity index (χ1v) is 18.0. The number of hydrogen-bond donors (Lipinski definition) is 3. The molecule has 5 nitrogen and oxygen atoms in total. The highest BCUT2D eigenvalue weighted by Gasteiger charge is 2.18. The molecule has 7 aromatic rings. The summed E-state index contributed by atoms with van der Waals surface area (Å²) in [6.45, 7) is 10.8. The molecule has 0 saturated heterocycles. The number of para-hydroxylation sites is 3. The van der Waals surface area contributed by atoms with E-state index in [2.05, 4.69) is 189 Å². The molecule has 270 valence electrons. The number of nitrogens with zero attached hydrogens (tertiary/aromatic N) is 1. The average molecular weight is 701 g/mol. The minimum atomic E-state index is 0.896. The molecular weight excluding hydrogens is 649 g/mol. The average Bonchev–Trinajstić information content (AvgIpc) is 3.60. The Hall–Kier alpha value is -5.98. The highest BCUT2D eigenvalue weighted by Crippen LogP contribution is 2.39. The lowest BCUT2D eigenvalue weighted by molar-refractivity contribution is 0.668. The molecule has 0 radical (unpaired) electrons. The van der Waals surface area contributed by atoms with Gasteiger partial charge in [0, 0.05) is 33.8 Å². The first-order chi connectivity index (χ1) is 26.1. The van der Waals surface area contributed by atoms with Gasteiger partial charge in [-0.25, -0.2) is 0 Å². The van der Waals surface area contributed by atoms with Crippen LogP contribution < -0.4 is 22.3 Å². The molecule has 1 aliphatic rings. The fourth-order valence-corrected chi connectivity index (χ4v) is 6.01. The van der Waals surface area contributed by atoms with Gasteiger partial charge in [0.1, 0.15) is 11.2 Å². The maximum atomic E-state index is 6.37. The van der Waals surface area contributed by atoms with Crippen molar-refractivity contribution in [2.24, 2.45) is 17.4 Å². The summed E-state index contributed by atoms with van der Waals surface area (Å²) in [6.07, 6.45) is 8.65. The van der Waals surface area contributed by atoms with Crippen LogP contribution in [0, 0.1) is 6.92 Å². The lowest BCUT2D eigenvalue weighted by Gasteiger charge is -2.26. The third-order valence-electron chi connectivity index (χ3n) is 8.36. The number of rotatable bonds is 4. The molecule has 0 amide bonds. The lowest BCUT2D eigenvalue weighted by atomic mass is 9.95. The van der Waals surface area contributed by atoms with Gasteiger partial charge in [-0.1, -0.05) is 160 Å². The third kappa shape index (κ3) is 10.3. The van der Waals surface area contributed by atoms with Crippen LogP contribution in [0.1, 0.15) is 48.1 Å². The van der Waals surface area contributed by atoms with E-state index in [-0.39, 0.29) is 0 Å². The predicted molar refractivity (Wildman–Crippen MR) is 230 cm³/mol. The van der Waals surface area contributed by atoms with Crippen LogP contribution in [0.25, 0.3) is 33.1 Å². The van der Waals surface area contributed by atoms with Crippen LogP contribution in [0.5, 0.6) is 0 Å². The summed E-state index contributed by atoms with van der Waals surface area (Å²) in [6, 6.07) is 52.7. The number of fused-ring (bicyclic) bond motifs is 4. The standard InChI is InChI=1S/C37H27NO.C7H8.C3H8.CH5N.H4N2/c1-26-24-29(32-14-9-15-34-33-13-6-8-17-36(33)39-37(32)34)22-23-38(35-16-7-5-12-31(26)35)30-20-18-28(19-21-30)25-27-10-3-2-4-11-27;1-7-5-3-2-4-6-7;1-3-2;2*1-2/h2-24H,1,25H2;2-6H,1H3;3H2,1-2H3;2H2,1H3;1-2H2/b23-22-,29-24+;;;;. The zero-order chi connectivity index (χ0) is 38.0. The Labute approximate surface area is 315 Å². The molecule has 0 saturated carbocycles. The predicted octanol–water partition coefficient (Wildman–Crippen LogP) is 11.7. The summed E-state index contributed by atoms with van der Waals surface area (Å²) >= 11 is 0. The van der Waals surface area contributed by atoms with E-state index in [0.717, 1.165) is 62.0 Å². The maximum Gasteiger partial charge on any atom is 0.143 e. The SMILES string of the molecule is C=C1/C=C(c2cccc3c2oc2ccccc23)\C=C/N(c2ccc(Cc3ccccc3)cc2)c2ccccc21.CCC.CN.Cc1ccccc1.NN. The summed E-state index contributed by atoms with van der Waals surface area (Å²) in [7, 11) is 1.50. The molecule has 0 spiro atoms. The molecule has 2 heterocycles. The van der Waals surface area contributed by atoms with Crippen LogP contribution in [-0.2, 0) is 6.42 Å². The smallest absolute Gasteiger partial charge is 0.143 e. The van der Waals surface area contributed by atoms with Gasteiger partial charge in [0.15, 0.2) is 0 Å². The zero-order valence-electron chi connectivity index (χ0n) is 31.4. The van der Waals surface area contributed by atoms with E-state index >= 15 is 0 Å². The Morgan fingerprint density at radius 2 is 1.15 bits per heavy atom. The van der Waals surface area contributed by atoms with Crippen molar-refractivity contribution in [3.63, 3.8) is 0 Å². The van der Waals surface area contributed by atoms with E-state index in [4.69, 9.17) is 4.42 Å². The Bertz CT molecular complexity index is 2220. The van der Waals surface area contributed by atoms with Crippen molar-refractivity contribution in [3.05, 3.63) is 204 Å². The number of aryl methyl sites for hydroxylation is 1. The molecule has 0 aliphatic carbocycles. The first-order valence-electron chi connectivity index (χ1n) is 18.0. The van der Waals surface area contributed by atoms with Crippen molar-refractivity contribution in [1.29, 1.82) is 0 Å². The molecule has 5 heteroatoms. The second-order valence-electron chi connectivity index (χ2n) is 12.3. The summed E-state index contributed by atoms with van der Waals surface area (Å²) in [5.41, 5.74) is 16.6. The number of hydrogen-bond acceptors (Lipinski definition) is 5. The summed E-state index contributed by atoms with van der Waals surface area (Å²) in [5.74, 6) is 8.00. The van der Waals surface area contributed by atoms with Gasteiger partial charge in [-0.05, 0) is 79.1 Å². The van der Waals surface area contributed by atoms with Gasteiger partial charge in [-0.3, -0.25) is 11.7 Å². The van der Waals surface area contributed by atoms with E-state index in [1.54, 1.807) is 0 Å². The van der Waals surface area contributed by atoms with Gasteiger partial charge >= 0.3 is 0 Å². The number of nitrogens with two attached hydrogens (primary N) is 3. The lowest BCUT2D eigenvalue weighted by Crippen LogP contribution is -2.12. The molecule has 0 atom stereocenters. The molecule has 0 bridgehead atoms. The molecular formula is C48H52N4O. The van der Waals surface area contributed by atoms with E-state index in [0.29, 0.717) is 0 Å².